The van der Waals surface area contributed by atoms with Gasteiger partial charge in [-0.05, 0) is 48.6 Å². The van der Waals surface area contributed by atoms with Crippen molar-refractivity contribution in [3.8, 4) is 5.75 Å². The monoisotopic (exact) mass is 404 g/mol. The molecule has 0 aliphatic carbocycles. The quantitative estimate of drug-likeness (QED) is 0.651. The van der Waals surface area contributed by atoms with E-state index in [1.54, 1.807) is 13.4 Å². The van der Waals surface area contributed by atoms with Gasteiger partial charge >= 0.3 is 6.03 Å². The Morgan fingerprint density at radius 1 is 1.10 bits per heavy atom. The lowest BCUT2D eigenvalue weighted by Crippen LogP contribution is -2.40. The van der Waals surface area contributed by atoms with E-state index in [0.29, 0.717) is 24.9 Å². The third-order valence-electron chi connectivity index (χ3n) is 5.87. The topological polar surface area (TPSA) is 67.3 Å². The summed E-state index contributed by atoms with van der Waals surface area (Å²) < 4.78 is 5.30. The zero-order valence-electron chi connectivity index (χ0n) is 17.8. The molecule has 156 valence electrons. The maximum atomic E-state index is 12.7. The lowest BCUT2D eigenvalue weighted by Gasteiger charge is -2.32. The highest BCUT2D eigenvalue weighted by Gasteiger charge is 2.26. The summed E-state index contributed by atoms with van der Waals surface area (Å²) in [4.78, 5) is 23.5. The SMILES string of the molecule is COc1ccc2c(C3CCN(C(=O)Nc4ccc(C(C)C)cc4)CC3)ncnc2c1. The van der Waals surface area contributed by atoms with Crippen LogP contribution in [0.3, 0.4) is 0 Å². The van der Waals surface area contributed by atoms with Crippen LogP contribution in [0.25, 0.3) is 10.9 Å². The number of nitrogens with one attached hydrogen (secondary N) is 1. The highest BCUT2D eigenvalue weighted by Crippen LogP contribution is 2.32. The number of aromatic nitrogens is 2. The molecule has 0 atom stereocenters. The molecular formula is C24H28N4O2. The van der Waals surface area contributed by atoms with Gasteiger partial charge in [0.2, 0.25) is 0 Å². The summed E-state index contributed by atoms with van der Waals surface area (Å²) in [6.07, 6.45) is 3.40. The normalized spacial score (nSPS) is 14.9. The minimum atomic E-state index is -0.0389. The molecule has 0 radical (unpaired) electrons. The number of ether oxygens (including phenoxy) is 1. The number of piperidine rings is 1. The van der Waals surface area contributed by atoms with E-state index in [-0.39, 0.29) is 6.03 Å². The number of rotatable bonds is 4. The van der Waals surface area contributed by atoms with Crippen molar-refractivity contribution in [2.75, 3.05) is 25.5 Å². The molecule has 1 aliphatic heterocycles. The van der Waals surface area contributed by atoms with Gasteiger partial charge < -0.3 is 15.0 Å². The molecule has 6 nitrogen and oxygen atoms in total. The first kappa shape index (κ1) is 20.1. The summed E-state index contributed by atoms with van der Waals surface area (Å²) in [6, 6.07) is 14.0. The van der Waals surface area contributed by atoms with Crippen molar-refractivity contribution in [1.82, 2.24) is 14.9 Å². The Balaban J connectivity index is 1.40. The fourth-order valence-corrected chi connectivity index (χ4v) is 4.02. The molecule has 1 saturated heterocycles. The smallest absolute Gasteiger partial charge is 0.321 e. The van der Waals surface area contributed by atoms with Crippen molar-refractivity contribution in [2.45, 2.75) is 38.5 Å². The number of fused-ring (bicyclic) bond motifs is 1. The second-order valence-corrected chi connectivity index (χ2v) is 8.11. The van der Waals surface area contributed by atoms with Crippen molar-refractivity contribution in [3.63, 3.8) is 0 Å². The van der Waals surface area contributed by atoms with Crippen LogP contribution in [0.1, 0.15) is 49.8 Å². The van der Waals surface area contributed by atoms with Gasteiger partial charge in [-0.3, -0.25) is 0 Å². The molecule has 0 spiro atoms. The molecule has 2 amide bonds. The van der Waals surface area contributed by atoms with Gasteiger partial charge in [0.05, 0.1) is 18.3 Å². The summed E-state index contributed by atoms with van der Waals surface area (Å²) >= 11 is 0. The third kappa shape index (κ3) is 4.22. The van der Waals surface area contributed by atoms with E-state index in [9.17, 15) is 4.79 Å². The zero-order chi connectivity index (χ0) is 21.1. The van der Waals surface area contributed by atoms with E-state index in [2.05, 4.69) is 41.3 Å². The number of benzene rings is 2. The van der Waals surface area contributed by atoms with E-state index in [1.807, 2.05) is 35.2 Å². The average Bonchev–Trinajstić information content (AvgIpc) is 2.78. The Morgan fingerprint density at radius 2 is 1.83 bits per heavy atom. The molecule has 3 aromatic rings. The highest BCUT2D eigenvalue weighted by molar-refractivity contribution is 5.89. The summed E-state index contributed by atoms with van der Waals surface area (Å²) in [5.74, 6) is 1.59. The maximum absolute atomic E-state index is 12.7. The van der Waals surface area contributed by atoms with E-state index < -0.39 is 0 Å². The molecule has 2 heterocycles. The maximum Gasteiger partial charge on any atom is 0.321 e. The van der Waals surface area contributed by atoms with Crippen molar-refractivity contribution in [3.05, 3.63) is 60.0 Å². The van der Waals surface area contributed by atoms with E-state index >= 15 is 0 Å². The molecule has 1 aliphatic rings. The number of urea groups is 1. The Bertz CT molecular complexity index is 1030. The fourth-order valence-electron chi connectivity index (χ4n) is 4.02. The lowest BCUT2D eigenvalue weighted by atomic mass is 9.91. The molecule has 4 rings (SSSR count). The number of hydrogen-bond donors (Lipinski definition) is 1. The predicted molar refractivity (Wildman–Crippen MR) is 119 cm³/mol. The van der Waals surface area contributed by atoms with Gasteiger partial charge in [-0.15, -0.1) is 0 Å². The van der Waals surface area contributed by atoms with Crippen LogP contribution in [0.4, 0.5) is 10.5 Å². The van der Waals surface area contributed by atoms with Crippen molar-refractivity contribution < 1.29 is 9.53 Å². The number of anilines is 1. The van der Waals surface area contributed by atoms with E-state index in [0.717, 1.165) is 40.9 Å². The van der Waals surface area contributed by atoms with Crippen LogP contribution < -0.4 is 10.1 Å². The van der Waals surface area contributed by atoms with Gasteiger partial charge in [0.25, 0.3) is 0 Å². The standard InChI is InChI=1S/C24H28N4O2/c1-16(2)17-4-6-19(7-5-17)27-24(29)28-12-10-18(11-13-28)23-21-9-8-20(30-3)14-22(21)25-15-26-23/h4-9,14-16,18H,10-13H2,1-3H3,(H,27,29). The number of hydrogen-bond acceptors (Lipinski definition) is 4. The van der Waals surface area contributed by atoms with Crippen LogP contribution in [0.2, 0.25) is 0 Å². The molecule has 1 N–H and O–H groups in total. The Morgan fingerprint density at radius 3 is 2.50 bits per heavy atom. The van der Waals surface area contributed by atoms with Gasteiger partial charge in [-0.2, -0.15) is 0 Å². The number of carbonyl (C=O) groups is 1. The highest BCUT2D eigenvalue weighted by atomic mass is 16.5. The molecule has 30 heavy (non-hydrogen) atoms. The van der Waals surface area contributed by atoms with Crippen molar-refractivity contribution >= 4 is 22.6 Å². The van der Waals surface area contributed by atoms with E-state index in [4.69, 9.17) is 4.74 Å². The van der Waals surface area contributed by atoms with Crippen molar-refractivity contribution in [2.24, 2.45) is 0 Å². The molecule has 0 bridgehead atoms. The average molecular weight is 405 g/mol. The molecule has 6 heteroatoms. The summed E-state index contributed by atoms with van der Waals surface area (Å²) in [7, 11) is 1.66. The number of carbonyl (C=O) groups excluding carboxylic acids is 1. The number of likely N-dealkylation sites (tertiary alicyclic amines) is 1. The van der Waals surface area contributed by atoms with E-state index in [1.165, 1.54) is 5.56 Å². The zero-order valence-corrected chi connectivity index (χ0v) is 17.8. The predicted octanol–water partition coefficient (Wildman–Crippen LogP) is 5.17. The second-order valence-electron chi connectivity index (χ2n) is 8.11. The fraction of sp³-hybridized carbons (Fsp3) is 0.375. The molecular weight excluding hydrogens is 376 g/mol. The van der Waals surface area contributed by atoms with Crippen LogP contribution in [0.15, 0.2) is 48.8 Å². The van der Waals surface area contributed by atoms with Crippen LogP contribution in [0.5, 0.6) is 5.75 Å². The van der Waals surface area contributed by atoms with Gasteiger partial charge in [0.1, 0.15) is 12.1 Å². The Labute approximate surface area is 177 Å². The minimum Gasteiger partial charge on any atom is -0.497 e. The number of nitrogens with zero attached hydrogens (tertiary/aromatic N) is 3. The van der Waals surface area contributed by atoms with Gasteiger partial charge in [0, 0.05) is 36.1 Å². The largest absolute Gasteiger partial charge is 0.497 e. The minimum absolute atomic E-state index is 0.0389. The van der Waals surface area contributed by atoms with Crippen LogP contribution >= 0.6 is 0 Å². The molecule has 0 unspecified atom stereocenters. The first-order valence-corrected chi connectivity index (χ1v) is 10.5. The molecule has 1 aromatic heterocycles. The number of amides is 2. The molecule has 0 saturated carbocycles. The lowest BCUT2D eigenvalue weighted by molar-refractivity contribution is 0.194. The molecule has 1 fully saturated rings. The summed E-state index contributed by atoms with van der Waals surface area (Å²) in [6.45, 7) is 5.74. The summed E-state index contributed by atoms with van der Waals surface area (Å²) in [5, 5.41) is 4.08. The Kier molecular flexibility index (Phi) is 5.84. The molecule has 2 aromatic carbocycles. The number of methoxy groups -OCH3 is 1. The van der Waals surface area contributed by atoms with Gasteiger partial charge in [-0.1, -0.05) is 26.0 Å². The Hall–Kier alpha value is -3.15. The van der Waals surface area contributed by atoms with Gasteiger partial charge in [0.15, 0.2) is 0 Å². The summed E-state index contributed by atoms with van der Waals surface area (Å²) in [5.41, 5.74) is 4.06. The van der Waals surface area contributed by atoms with Crippen molar-refractivity contribution in [1.29, 1.82) is 0 Å². The van der Waals surface area contributed by atoms with Gasteiger partial charge in [-0.25, -0.2) is 14.8 Å². The third-order valence-corrected chi connectivity index (χ3v) is 5.87. The van der Waals surface area contributed by atoms with Crippen LogP contribution in [0, 0.1) is 0 Å². The first-order chi connectivity index (χ1) is 14.5. The van der Waals surface area contributed by atoms with Crippen LogP contribution in [-0.4, -0.2) is 41.1 Å². The van der Waals surface area contributed by atoms with Crippen LogP contribution in [-0.2, 0) is 0 Å². The first-order valence-electron chi connectivity index (χ1n) is 10.5. The second kappa shape index (κ2) is 8.69.